The van der Waals surface area contributed by atoms with E-state index in [4.69, 9.17) is 18.0 Å². The van der Waals surface area contributed by atoms with Gasteiger partial charge in [-0.05, 0) is 58.9 Å². The van der Waals surface area contributed by atoms with Crippen LogP contribution >= 0.6 is 0 Å². The highest BCUT2D eigenvalue weighted by Gasteiger charge is 2.50. The molecule has 144 valence electrons. The molecule has 1 aliphatic heterocycles. The zero-order chi connectivity index (χ0) is 18.9. The standard InChI is InChI=1S/C15H36O6Si3/c1-22(2,3)19-12-11(10-16)18-15(17)14(21-24(7,8)9)13(12)20-23(4,5)6/h11-17H,10H2,1-9H3. The molecule has 0 spiro atoms. The average molecular weight is 397 g/mol. The number of aliphatic hydroxyl groups excluding tert-OH is 2. The van der Waals surface area contributed by atoms with Crippen LogP contribution < -0.4 is 0 Å². The van der Waals surface area contributed by atoms with Crippen LogP contribution in [0, 0.1) is 0 Å². The van der Waals surface area contributed by atoms with Gasteiger partial charge in [0.2, 0.25) is 0 Å². The minimum absolute atomic E-state index is 0.225. The maximum absolute atomic E-state index is 10.5. The highest BCUT2D eigenvalue weighted by Crippen LogP contribution is 2.32. The first-order valence-corrected chi connectivity index (χ1v) is 18.8. The highest BCUT2D eigenvalue weighted by molar-refractivity contribution is 6.70. The van der Waals surface area contributed by atoms with E-state index in [0.717, 1.165) is 0 Å². The van der Waals surface area contributed by atoms with Crippen molar-refractivity contribution in [2.45, 2.75) is 89.6 Å². The molecular formula is C15H36O6Si3. The van der Waals surface area contributed by atoms with Gasteiger partial charge in [0.1, 0.15) is 24.4 Å². The van der Waals surface area contributed by atoms with E-state index in [2.05, 4.69) is 58.9 Å². The summed E-state index contributed by atoms with van der Waals surface area (Å²) in [6.45, 7) is 18.5. The first kappa shape index (κ1) is 22.5. The first-order chi connectivity index (χ1) is 10.6. The third-order valence-corrected chi connectivity index (χ3v) is 6.20. The van der Waals surface area contributed by atoms with Crippen molar-refractivity contribution in [3.63, 3.8) is 0 Å². The van der Waals surface area contributed by atoms with Gasteiger partial charge in [0.05, 0.1) is 6.61 Å². The molecule has 0 aromatic heterocycles. The number of ether oxygens (including phenoxy) is 1. The second-order valence-corrected chi connectivity index (χ2v) is 22.7. The first-order valence-electron chi connectivity index (χ1n) is 8.61. The average Bonchev–Trinajstić information content (AvgIpc) is 2.32. The quantitative estimate of drug-likeness (QED) is 0.643. The molecule has 1 saturated heterocycles. The van der Waals surface area contributed by atoms with Crippen molar-refractivity contribution in [1.82, 2.24) is 0 Å². The van der Waals surface area contributed by atoms with E-state index < -0.39 is 55.7 Å². The Hall–Kier alpha value is 0.411. The van der Waals surface area contributed by atoms with Gasteiger partial charge < -0.3 is 28.2 Å². The zero-order valence-electron chi connectivity index (χ0n) is 16.6. The number of hydrogen-bond acceptors (Lipinski definition) is 6. The Morgan fingerprint density at radius 3 is 1.46 bits per heavy atom. The number of hydrogen-bond donors (Lipinski definition) is 2. The molecule has 0 aromatic carbocycles. The third-order valence-electron chi connectivity index (χ3n) is 3.26. The molecule has 1 heterocycles. The van der Waals surface area contributed by atoms with Crippen molar-refractivity contribution in [2.24, 2.45) is 0 Å². The minimum atomic E-state index is -1.94. The van der Waals surface area contributed by atoms with Crippen LogP contribution in [-0.4, -0.2) is 72.5 Å². The van der Waals surface area contributed by atoms with Crippen molar-refractivity contribution in [2.75, 3.05) is 6.61 Å². The molecule has 0 saturated carbocycles. The molecule has 0 aromatic rings. The molecule has 0 aliphatic carbocycles. The summed E-state index contributed by atoms with van der Waals surface area (Å²) in [5, 5.41) is 20.2. The molecule has 1 rings (SSSR count). The van der Waals surface area contributed by atoms with Gasteiger partial charge in [-0.2, -0.15) is 0 Å². The molecule has 0 bridgehead atoms. The number of aliphatic hydroxyl groups is 2. The van der Waals surface area contributed by atoms with Gasteiger partial charge in [0, 0.05) is 0 Å². The predicted molar refractivity (Wildman–Crippen MR) is 103 cm³/mol. The summed E-state index contributed by atoms with van der Waals surface area (Å²) in [6.07, 6.45) is -3.24. The minimum Gasteiger partial charge on any atom is -0.409 e. The van der Waals surface area contributed by atoms with Gasteiger partial charge in [-0.25, -0.2) is 0 Å². The van der Waals surface area contributed by atoms with Crippen LogP contribution in [0.1, 0.15) is 0 Å². The topological polar surface area (TPSA) is 77.4 Å². The molecular weight excluding hydrogens is 360 g/mol. The smallest absolute Gasteiger partial charge is 0.184 e. The summed E-state index contributed by atoms with van der Waals surface area (Å²) in [6, 6.07) is 0. The predicted octanol–water partition coefficient (Wildman–Crippen LogP) is 2.36. The lowest BCUT2D eigenvalue weighted by atomic mass is 9.99. The molecule has 9 heteroatoms. The Morgan fingerprint density at radius 2 is 1.08 bits per heavy atom. The summed E-state index contributed by atoms with van der Waals surface area (Å²) in [5.74, 6) is 0. The van der Waals surface area contributed by atoms with Crippen LogP contribution in [0.15, 0.2) is 0 Å². The SMILES string of the molecule is C[Si](C)(C)OC1C(O)OC(CO)C(O[Si](C)(C)C)C1O[Si](C)(C)C. The second kappa shape index (κ2) is 7.97. The van der Waals surface area contributed by atoms with Crippen LogP contribution in [0.5, 0.6) is 0 Å². The molecule has 24 heavy (non-hydrogen) atoms. The summed E-state index contributed by atoms with van der Waals surface area (Å²) in [4.78, 5) is 0. The summed E-state index contributed by atoms with van der Waals surface area (Å²) in [5.41, 5.74) is 0. The van der Waals surface area contributed by atoms with E-state index in [1.54, 1.807) is 0 Å². The Labute approximate surface area is 149 Å². The van der Waals surface area contributed by atoms with E-state index in [-0.39, 0.29) is 6.61 Å². The van der Waals surface area contributed by atoms with E-state index in [1.807, 2.05) is 0 Å². The normalized spacial score (nSPS) is 32.9. The monoisotopic (exact) mass is 396 g/mol. The summed E-state index contributed by atoms with van der Waals surface area (Å²) in [7, 11) is -5.78. The Balaban J connectivity index is 3.20. The van der Waals surface area contributed by atoms with E-state index in [9.17, 15) is 10.2 Å². The maximum Gasteiger partial charge on any atom is 0.184 e. The fourth-order valence-electron chi connectivity index (χ4n) is 2.67. The van der Waals surface area contributed by atoms with E-state index in [1.165, 1.54) is 0 Å². The van der Waals surface area contributed by atoms with Crippen LogP contribution in [-0.2, 0) is 18.0 Å². The largest absolute Gasteiger partial charge is 0.409 e. The molecule has 5 atom stereocenters. The van der Waals surface area contributed by atoms with Crippen molar-refractivity contribution in [1.29, 1.82) is 0 Å². The lowest BCUT2D eigenvalue weighted by Crippen LogP contribution is -2.65. The molecule has 1 aliphatic rings. The fraction of sp³-hybridized carbons (Fsp3) is 1.00. The summed E-state index contributed by atoms with van der Waals surface area (Å²) < 4.78 is 24.5. The van der Waals surface area contributed by atoms with Crippen molar-refractivity contribution in [3.05, 3.63) is 0 Å². The molecule has 1 fully saturated rings. The van der Waals surface area contributed by atoms with Gasteiger partial charge in [-0.1, -0.05) is 0 Å². The lowest BCUT2D eigenvalue weighted by Gasteiger charge is -2.49. The van der Waals surface area contributed by atoms with Crippen molar-refractivity contribution < 1.29 is 28.2 Å². The summed E-state index contributed by atoms with van der Waals surface area (Å²) >= 11 is 0. The van der Waals surface area contributed by atoms with Gasteiger partial charge in [-0.15, -0.1) is 0 Å². The second-order valence-electron chi connectivity index (χ2n) is 9.33. The molecule has 0 radical (unpaired) electrons. The van der Waals surface area contributed by atoms with E-state index >= 15 is 0 Å². The van der Waals surface area contributed by atoms with Gasteiger partial charge in [0.15, 0.2) is 31.2 Å². The van der Waals surface area contributed by atoms with Gasteiger partial charge >= 0.3 is 0 Å². The molecule has 6 nitrogen and oxygen atoms in total. The molecule has 0 amide bonds. The van der Waals surface area contributed by atoms with Crippen molar-refractivity contribution >= 4 is 25.0 Å². The maximum atomic E-state index is 10.5. The van der Waals surface area contributed by atoms with Gasteiger partial charge in [0.25, 0.3) is 0 Å². The molecule has 5 unspecified atom stereocenters. The Morgan fingerprint density at radius 1 is 0.708 bits per heavy atom. The van der Waals surface area contributed by atoms with Crippen LogP contribution in [0.4, 0.5) is 0 Å². The van der Waals surface area contributed by atoms with Crippen LogP contribution in [0.3, 0.4) is 0 Å². The van der Waals surface area contributed by atoms with Gasteiger partial charge in [-0.3, -0.25) is 0 Å². The third kappa shape index (κ3) is 7.34. The lowest BCUT2D eigenvalue weighted by molar-refractivity contribution is -0.275. The molecule has 2 N–H and O–H groups in total. The highest BCUT2D eigenvalue weighted by atomic mass is 28.4. The van der Waals surface area contributed by atoms with Crippen LogP contribution in [0.25, 0.3) is 0 Å². The Bertz CT molecular complexity index is 401. The fourth-order valence-corrected chi connectivity index (χ4v) is 5.92. The van der Waals surface area contributed by atoms with Crippen molar-refractivity contribution in [3.8, 4) is 0 Å². The van der Waals surface area contributed by atoms with Crippen LogP contribution in [0.2, 0.25) is 58.9 Å². The van der Waals surface area contributed by atoms with E-state index in [0.29, 0.717) is 0 Å². The number of rotatable bonds is 7. The Kier molecular flexibility index (Phi) is 7.46. The zero-order valence-corrected chi connectivity index (χ0v) is 19.6.